The minimum atomic E-state index is -4.30. The van der Waals surface area contributed by atoms with Crippen molar-refractivity contribution in [2.45, 2.75) is 40.0 Å². The van der Waals surface area contributed by atoms with Crippen molar-refractivity contribution >= 4 is 9.05 Å². The summed E-state index contributed by atoms with van der Waals surface area (Å²) in [5, 5.41) is 0. The van der Waals surface area contributed by atoms with Gasteiger partial charge in [0.1, 0.15) is 0 Å². The molecule has 0 saturated carbocycles. The van der Waals surface area contributed by atoms with E-state index in [-0.39, 0.29) is 6.61 Å². The molecule has 0 radical (unpaired) electrons. The molecule has 0 bridgehead atoms. The van der Waals surface area contributed by atoms with Crippen LogP contribution in [0.2, 0.25) is 0 Å². The summed E-state index contributed by atoms with van der Waals surface area (Å²) in [5.74, 6) is 0.902. The van der Waals surface area contributed by atoms with Crippen molar-refractivity contribution in [3.8, 4) is 0 Å². The average molecular weight is 222 g/mol. The molecule has 4 nitrogen and oxygen atoms in total. The van der Waals surface area contributed by atoms with E-state index in [4.69, 9.17) is 14.4 Å². The molecule has 0 aliphatic rings. The van der Waals surface area contributed by atoms with E-state index in [1.165, 1.54) is 0 Å². The van der Waals surface area contributed by atoms with Gasteiger partial charge in [-0.3, -0.25) is 0 Å². The van der Waals surface area contributed by atoms with Gasteiger partial charge in [0.2, 0.25) is 0 Å². The van der Waals surface area contributed by atoms with Crippen LogP contribution in [0.3, 0.4) is 0 Å². The highest BCUT2D eigenvalue weighted by molar-refractivity contribution is 6.48. The fourth-order valence-corrected chi connectivity index (χ4v) is 1.78. The minimum absolute atomic E-state index is 0.233. The quantitative estimate of drug-likeness (QED) is 0.559. The molecule has 14 heavy (non-hydrogen) atoms. The van der Waals surface area contributed by atoms with E-state index in [9.17, 15) is 0 Å². The van der Waals surface area contributed by atoms with Gasteiger partial charge in [0, 0.05) is 6.61 Å². The number of rotatable bonds is 7. The van der Waals surface area contributed by atoms with Crippen LogP contribution in [0, 0.1) is 11.8 Å². The van der Waals surface area contributed by atoms with Gasteiger partial charge >= 0.3 is 9.05 Å². The predicted molar refractivity (Wildman–Crippen MR) is 56.2 cm³/mol. The van der Waals surface area contributed by atoms with Crippen molar-refractivity contribution in [2.24, 2.45) is 11.8 Å². The molecular weight excluding hydrogens is 200 g/mol. The molecule has 0 aliphatic heterocycles. The standard InChI is InChI=1S/C9H22O4Si/c1-4-8(3)6-9(5-2)7-13-14(10,11)12/h8-12H,4-7H2,1-3H3. The van der Waals surface area contributed by atoms with Crippen molar-refractivity contribution in [1.82, 2.24) is 0 Å². The highest BCUT2D eigenvalue weighted by atomic mass is 28.4. The highest BCUT2D eigenvalue weighted by Gasteiger charge is 2.31. The van der Waals surface area contributed by atoms with Crippen LogP contribution in [0.5, 0.6) is 0 Å². The van der Waals surface area contributed by atoms with Gasteiger partial charge in [-0.25, -0.2) is 0 Å². The normalized spacial score (nSPS) is 16.7. The Bertz CT molecular complexity index is 146. The first-order valence-electron chi connectivity index (χ1n) is 5.20. The van der Waals surface area contributed by atoms with Crippen molar-refractivity contribution in [3.63, 3.8) is 0 Å². The van der Waals surface area contributed by atoms with E-state index in [1.807, 2.05) is 6.92 Å². The van der Waals surface area contributed by atoms with E-state index in [2.05, 4.69) is 18.3 Å². The van der Waals surface area contributed by atoms with E-state index in [0.717, 1.165) is 19.3 Å². The second-order valence-electron chi connectivity index (χ2n) is 3.91. The zero-order valence-corrected chi connectivity index (χ0v) is 10.2. The summed E-state index contributed by atoms with van der Waals surface area (Å²) in [6.45, 7) is 6.55. The van der Waals surface area contributed by atoms with Gasteiger partial charge in [0.15, 0.2) is 0 Å². The van der Waals surface area contributed by atoms with E-state index >= 15 is 0 Å². The highest BCUT2D eigenvalue weighted by Crippen LogP contribution is 2.18. The van der Waals surface area contributed by atoms with Gasteiger partial charge in [-0.05, 0) is 18.3 Å². The molecule has 0 heterocycles. The van der Waals surface area contributed by atoms with E-state index < -0.39 is 9.05 Å². The van der Waals surface area contributed by atoms with Crippen molar-refractivity contribution in [3.05, 3.63) is 0 Å². The fourth-order valence-electron chi connectivity index (χ4n) is 1.32. The van der Waals surface area contributed by atoms with Gasteiger partial charge in [-0.2, -0.15) is 0 Å². The van der Waals surface area contributed by atoms with Crippen molar-refractivity contribution in [1.29, 1.82) is 0 Å². The Morgan fingerprint density at radius 3 is 2.07 bits per heavy atom. The molecule has 5 heteroatoms. The monoisotopic (exact) mass is 222 g/mol. The SMILES string of the molecule is CCC(C)CC(CC)CO[Si](O)(O)O. The van der Waals surface area contributed by atoms with Gasteiger partial charge in [-0.15, -0.1) is 0 Å². The number of hydrogen-bond acceptors (Lipinski definition) is 4. The van der Waals surface area contributed by atoms with Gasteiger partial charge < -0.3 is 18.8 Å². The maximum absolute atomic E-state index is 8.68. The van der Waals surface area contributed by atoms with E-state index in [0.29, 0.717) is 11.8 Å². The van der Waals surface area contributed by atoms with Crippen LogP contribution < -0.4 is 0 Å². The van der Waals surface area contributed by atoms with Gasteiger partial charge in [0.05, 0.1) is 0 Å². The number of hydrogen-bond donors (Lipinski definition) is 3. The molecule has 86 valence electrons. The molecule has 3 N–H and O–H groups in total. The van der Waals surface area contributed by atoms with Crippen LogP contribution in [-0.4, -0.2) is 30.0 Å². The molecule has 2 atom stereocenters. The lowest BCUT2D eigenvalue weighted by atomic mass is 9.93. The lowest BCUT2D eigenvalue weighted by Gasteiger charge is -2.20. The zero-order valence-electron chi connectivity index (χ0n) is 9.23. The lowest BCUT2D eigenvalue weighted by molar-refractivity contribution is 0.0445. The fraction of sp³-hybridized carbons (Fsp3) is 1.00. The van der Waals surface area contributed by atoms with Crippen LogP contribution in [0.15, 0.2) is 0 Å². The molecule has 0 rings (SSSR count). The lowest BCUT2D eigenvalue weighted by Crippen LogP contribution is -2.40. The Balaban J connectivity index is 3.80. The molecule has 0 aromatic carbocycles. The molecule has 0 aliphatic carbocycles. The molecular formula is C9H22O4Si. The Morgan fingerprint density at radius 2 is 1.71 bits per heavy atom. The molecule has 0 aromatic heterocycles. The second kappa shape index (κ2) is 6.52. The molecule has 0 spiro atoms. The second-order valence-corrected chi connectivity index (χ2v) is 5.34. The largest absolute Gasteiger partial charge is 0.671 e. The van der Waals surface area contributed by atoms with Crippen LogP contribution in [0.1, 0.15) is 40.0 Å². The molecule has 0 aromatic rings. The Labute approximate surface area is 87.0 Å². The first kappa shape index (κ1) is 14.1. The Morgan fingerprint density at radius 1 is 1.14 bits per heavy atom. The summed E-state index contributed by atoms with van der Waals surface area (Å²) < 4.78 is 4.63. The summed E-state index contributed by atoms with van der Waals surface area (Å²) in [7, 11) is -4.30. The summed E-state index contributed by atoms with van der Waals surface area (Å²) in [6.07, 6.45) is 3.03. The van der Waals surface area contributed by atoms with E-state index in [1.54, 1.807) is 0 Å². The van der Waals surface area contributed by atoms with Gasteiger partial charge in [-0.1, -0.05) is 33.6 Å². The van der Waals surface area contributed by atoms with Crippen LogP contribution in [-0.2, 0) is 4.43 Å². The van der Waals surface area contributed by atoms with Crippen LogP contribution in [0.25, 0.3) is 0 Å². The smallest absolute Gasteiger partial charge is 0.368 e. The minimum Gasteiger partial charge on any atom is -0.368 e. The molecule has 0 amide bonds. The summed E-state index contributed by atoms with van der Waals surface area (Å²) in [4.78, 5) is 26.0. The van der Waals surface area contributed by atoms with Crippen LogP contribution >= 0.6 is 0 Å². The third kappa shape index (κ3) is 7.46. The molecule has 2 unspecified atom stereocenters. The Hall–Kier alpha value is 0.0569. The maximum atomic E-state index is 8.68. The summed E-state index contributed by atoms with van der Waals surface area (Å²) >= 11 is 0. The first-order valence-corrected chi connectivity index (χ1v) is 6.95. The predicted octanol–water partition coefficient (Wildman–Crippen LogP) is 0.878. The third-order valence-electron chi connectivity index (χ3n) is 2.52. The molecule has 0 saturated heterocycles. The average Bonchev–Trinajstić information content (AvgIpc) is 2.10. The third-order valence-corrected chi connectivity index (χ3v) is 3.08. The van der Waals surface area contributed by atoms with Crippen molar-refractivity contribution < 1.29 is 18.8 Å². The topological polar surface area (TPSA) is 69.9 Å². The maximum Gasteiger partial charge on any atom is 0.671 e. The van der Waals surface area contributed by atoms with Crippen molar-refractivity contribution in [2.75, 3.05) is 6.61 Å². The Kier molecular flexibility index (Phi) is 6.55. The summed E-state index contributed by atoms with van der Waals surface area (Å²) in [6, 6.07) is 0. The zero-order chi connectivity index (χ0) is 11.2. The van der Waals surface area contributed by atoms with Gasteiger partial charge in [0.25, 0.3) is 0 Å². The van der Waals surface area contributed by atoms with Crippen LogP contribution in [0.4, 0.5) is 0 Å². The summed E-state index contributed by atoms with van der Waals surface area (Å²) in [5.41, 5.74) is 0. The molecule has 0 fully saturated rings. The first-order chi connectivity index (χ1) is 6.39.